The Hall–Kier alpha value is -2.29. The number of hydrogen-bond donors (Lipinski definition) is 5. The van der Waals surface area contributed by atoms with Gasteiger partial charge >= 0.3 is 0 Å². The third kappa shape index (κ3) is 5.72. The predicted octanol–water partition coefficient (Wildman–Crippen LogP) is 4.34. The first-order valence-electron chi connectivity index (χ1n) is 13.0. The largest absolute Gasteiger partial charge is 0.395 e. The Labute approximate surface area is 239 Å². The molecule has 4 N–H and O–H groups in total. The van der Waals surface area contributed by atoms with E-state index in [1.54, 1.807) is 24.3 Å². The van der Waals surface area contributed by atoms with Crippen molar-refractivity contribution >= 4 is 22.5 Å². The average molecular weight is 622 g/mol. The molecule has 1 aliphatic carbocycles. The number of aliphatic hydroxyl groups is 4. The summed E-state index contributed by atoms with van der Waals surface area (Å²) >= 11 is 6.52. The van der Waals surface area contributed by atoms with Crippen molar-refractivity contribution in [2.45, 2.75) is 66.0 Å². The number of aromatic nitrogens is 3. The Morgan fingerprint density at radius 1 is 1.05 bits per heavy atom. The highest BCUT2D eigenvalue weighted by Gasteiger charge is 2.54. The predicted molar refractivity (Wildman–Crippen MR) is 144 cm³/mol. The molecule has 1 aliphatic heterocycles. The van der Waals surface area contributed by atoms with E-state index in [2.05, 4.69) is 10.3 Å². The van der Waals surface area contributed by atoms with Crippen molar-refractivity contribution in [2.24, 2.45) is 0 Å². The molecular weight excluding hydrogens is 593 g/mol. The van der Waals surface area contributed by atoms with Gasteiger partial charge in [-0.05, 0) is 36.6 Å². The number of benzene rings is 2. The van der Waals surface area contributed by atoms with E-state index in [0.717, 1.165) is 16.8 Å². The summed E-state index contributed by atoms with van der Waals surface area (Å²) in [5, 5.41) is 51.3. The van der Waals surface area contributed by atoms with Gasteiger partial charge in [-0.15, -0.1) is 5.10 Å². The van der Waals surface area contributed by atoms with Gasteiger partial charge in [-0.1, -0.05) is 35.0 Å². The lowest BCUT2D eigenvalue weighted by molar-refractivity contribution is -0.104. The molecule has 1 saturated carbocycles. The molecule has 5 rings (SSSR count). The van der Waals surface area contributed by atoms with Gasteiger partial charge in [0, 0.05) is 39.7 Å². The molecule has 224 valence electrons. The van der Waals surface area contributed by atoms with E-state index in [1.165, 1.54) is 6.20 Å². The Kier molecular flexibility index (Phi) is 8.40. The fourth-order valence-electron chi connectivity index (χ4n) is 6.01. The first-order valence-corrected chi connectivity index (χ1v) is 15.0. The van der Waals surface area contributed by atoms with Crippen LogP contribution in [0.3, 0.4) is 0 Å². The second-order valence-corrected chi connectivity index (χ2v) is 13.7. The Morgan fingerprint density at radius 3 is 2.29 bits per heavy atom. The summed E-state index contributed by atoms with van der Waals surface area (Å²) < 4.78 is 70.3. The van der Waals surface area contributed by atoms with Crippen LogP contribution in [0.4, 0.5) is 22.0 Å². The lowest BCUT2D eigenvalue weighted by atomic mass is 9.78. The van der Waals surface area contributed by atoms with Gasteiger partial charge in [0.2, 0.25) is 5.92 Å². The normalized spacial score (nSPS) is 29.3. The molecule has 2 aliphatic rings. The zero-order chi connectivity index (χ0) is 29.7. The SMILES string of the molecule is OC[C@@H]1[C@H](O)[C@@H](n2cc(-c3cc(F)c(F)c(F)c3)nn2)[C@@H](O)C[SH]1[C@H](c1ccccc1Cl)C1(O)CCC(F)(F)CC1. The van der Waals surface area contributed by atoms with Crippen LogP contribution in [0.15, 0.2) is 42.6 Å². The molecule has 2 heterocycles. The molecule has 1 unspecified atom stereocenters. The highest BCUT2D eigenvalue weighted by molar-refractivity contribution is 8.18. The lowest BCUT2D eigenvalue weighted by Gasteiger charge is -2.53. The molecule has 2 aromatic carbocycles. The average Bonchev–Trinajstić information content (AvgIpc) is 3.40. The summed E-state index contributed by atoms with van der Waals surface area (Å²) in [7, 11) is -1.67. The van der Waals surface area contributed by atoms with Crippen LogP contribution >= 0.6 is 22.5 Å². The fraction of sp³-hybridized carbons (Fsp3) is 0.481. The van der Waals surface area contributed by atoms with E-state index in [-0.39, 0.29) is 34.9 Å². The maximum Gasteiger partial charge on any atom is 0.248 e. The standard InChI is InChI=1S/C27H29ClF5N3O4S/c28-16-4-2-1-3-15(16)25(26(40)5-7-27(32,33)8-6-26)41-13-20(38)23(24(39)21(41)12-37)36-11-19(34-35-36)14-9-17(29)22(31)18(30)10-14/h1-4,9-11,20-21,23-25,37-41H,5-8,12-13H2/t20-,21+,23-,24-,25+/m0/s1. The molecule has 7 nitrogen and oxygen atoms in total. The molecule has 1 aromatic heterocycles. The maximum atomic E-state index is 14.1. The van der Waals surface area contributed by atoms with E-state index in [1.807, 2.05) is 0 Å². The molecule has 6 atom stereocenters. The number of aliphatic hydroxyl groups excluding tert-OH is 3. The van der Waals surface area contributed by atoms with Gasteiger partial charge in [-0.2, -0.15) is 0 Å². The number of hydrogen-bond acceptors (Lipinski definition) is 6. The smallest absolute Gasteiger partial charge is 0.248 e. The summed E-state index contributed by atoms with van der Waals surface area (Å²) in [5.41, 5.74) is -1.33. The second-order valence-electron chi connectivity index (χ2n) is 10.7. The molecule has 0 bridgehead atoms. The molecule has 0 spiro atoms. The summed E-state index contributed by atoms with van der Waals surface area (Å²) in [6.07, 6.45) is -3.07. The van der Waals surface area contributed by atoms with Crippen LogP contribution < -0.4 is 0 Å². The van der Waals surface area contributed by atoms with Crippen LogP contribution in [-0.4, -0.2) is 76.8 Å². The third-order valence-corrected chi connectivity index (χ3v) is 12.0. The van der Waals surface area contributed by atoms with Gasteiger partial charge in [0.25, 0.3) is 0 Å². The fourth-order valence-corrected chi connectivity index (χ4v) is 10.1. The minimum atomic E-state index is -2.93. The van der Waals surface area contributed by atoms with Crippen LogP contribution in [0, 0.1) is 17.5 Å². The molecule has 1 saturated heterocycles. The van der Waals surface area contributed by atoms with Crippen molar-refractivity contribution in [3.8, 4) is 11.3 Å². The molecular formula is C27H29ClF5N3O4S. The summed E-state index contributed by atoms with van der Waals surface area (Å²) in [6, 6.07) is 6.96. The van der Waals surface area contributed by atoms with Gasteiger partial charge in [0.15, 0.2) is 17.5 Å². The minimum Gasteiger partial charge on any atom is -0.395 e. The molecule has 0 radical (unpaired) electrons. The third-order valence-electron chi connectivity index (χ3n) is 8.13. The van der Waals surface area contributed by atoms with E-state index < -0.39 is 88.1 Å². The molecule has 14 heteroatoms. The monoisotopic (exact) mass is 621 g/mol. The van der Waals surface area contributed by atoms with Gasteiger partial charge in [-0.25, -0.2) is 37.5 Å². The first kappa shape index (κ1) is 30.2. The highest BCUT2D eigenvalue weighted by atomic mass is 35.5. The minimum absolute atomic E-state index is 0.0219. The Bertz CT molecular complexity index is 1380. The topological polar surface area (TPSA) is 112 Å². The Morgan fingerprint density at radius 2 is 1.68 bits per heavy atom. The van der Waals surface area contributed by atoms with E-state index in [9.17, 15) is 42.4 Å². The maximum absolute atomic E-state index is 14.1. The van der Waals surface area contributed by atoms with Crippen molar-refractivity contribution in [3.05, 3.63) is 70.6 Å². The van der Waals surface area contributed by atoms with Crippen molar-refractivity contribution in [1.82, 2.24) is 15.0 Å². The van der Waals surface area contributed by atoms with Crippen LogP contribution in [0.1, 0.15) is 42.5 Å². The zero-order valence-corrected chi connectivity index (χ0v) is 23.2. The van der Waals surface area contributed by atoms with Crippen molar-refractivity contribution in [2.75, 3.05) is 12.4 Å². The van der Waals surface area contributed by atoms with E-state index >= 15 is 0 Å². The van der Waals surface area contributed by atoms with Gasteiger partial charge in [0.1, 0.15) is 11.7 Å². The summed E-state index contributed by atoms with van der Waals surface area (Å²) in [5.74, 6) is -7.45. The summed E-state index contributed by atoms with van der Waals surface area (Å²) in [6.45, 7) is -0.556. The number of halogens is 6. The number of nitrogens with zero attached hydrogens (tertiary/aromatic N) is 3. The zero-order valence-electron chi connectivity index (χ0n) is 21.5. The van der Waals surface area contributed by atoms with Crippen molar-refractivity contribution < 1.29 is 42.4 Å². The van der Waals surface area contributed by atoms with Crippen LogP contribution in [0.2, 0.25) is 5.02 Å². The molecule has 2 fully saturated rings. The van der Waals surface area contributed by atoms with Crippen molar-refractivity contribution in [3.63, 3.8) is 0 Å². The molecule has 3 aromatic rings. The van der Waals surface area contributed by atoms with Crippen molar-refractivity contribution in [1.29, 1.82) is 0 Å². The van der Waals surface area contributed by atoms with Crippen LogP contribution in [0.25, 0.3) is 11.3 Å². The van der Waals surface area contributed by atoms with E-state index in [0.29, 0.717) is 5.56 Å². The van der Waals surface area contributed by atoms with Crippen LogP contribution in [0.5, 0.6) is 0 Å². The molecule has 0 amide bonds. The van der Waals surface area contributed by atoms with Gasteiger partial charge in [-0.3, -0.25) is 0 Å². The van der Waals surface area contributed by atoms with Crippen LogP contribution in [-0.2, 0) is 0 Å². The first-order chi connectivity index (χ1) is 19.3. The Balaban J connectivity index is 1.49. The lowest BCUT2D eigenvalue weighted by Crippen LogP contribution is -2.53. The number of thiol groups is 1. The number of alkyl halides is 2. The summed E-state index contributed by atoms with van der Waals surface area (Å²) in [4.78, 5) is 0. The quantitative estimate of drug-likeness (QED) is 0.159. The van der Waals surface area contributed by atoms with E-state index in [4.69, 9.17) is 11.6 Å². The molecule has 41 heavy (non-hydrogen) atoms. The number of rotatable bonds is 6. The van der Waals surface area contributed by atoms with Gasteiger partial charge < -0.3 is 20.4 Å². The second kappa shape index (κ2) is 11.4. The highest BCUT2D eigenvalue weighted by Crippen LogP contribution is 2.61. The van der Waals surface area contributed by atoms with Gasteiger partial charge in [0.05, 0.1) is 30.6 Å².